The molecule has 2 heterocycles. The second-order valence-electron chi connectivity index (χ2n) is 7.34. The van der Waals surface area contributed by atoms with Gasteiger partial charge >= 0.3 is 0 Å². The van der Waals surface area contributed by atoms with Crippen molar-refractivity contribution < 1.29 is 13.2 Å². The van der Waals surface area contributed by atoms with Crippen molar-refractivity contribution in [2.75, 3.05) is 11.4 Å². The highest BCUT2D eigenvalue weighted by atomic mass is 79.9. The Morgan fingerprint density at radius 3 is 2.76 bits per heavy atom. The molecule has 0 aliphatic carbocycles. The first kappa shape index (κ1) is 20.1. The third-order valence-corrected chi connectivity index (χ3v) is 7.39. The Morgan fingerprint density at radius 1 is 1.17 bits per heavy atom. The van der Waals surface area contributed by atoms with E-state index in [4.69, 9.17) is 0 Å². The first-order chi connectivity index (χ1) is 13.9. The average molecular weight is 476 g/mol. The maximum absolute atomic E-state index is 12.8. The van der Waals surface area contributed by atoms with E-state index in [0.29, 0.717) is 23.5 Å². The average Bonchev–Trinajstić information content (AvgIpc) is 2.92. The molecule has 2 aliphatic rings. The van der Waals surface area contributed by atoms with Crippen molar-refractivity contribution >= 4 is 43.4 Å². The number of hydrogen-bond donors (Lipinski definition) is 1. The summed E-state index contributed by atoms with van der Waals surface area (Å²) in [6, 6.07) is 12.3. The van der Waals surface area contributed by atoms with E-state index in [9.17, 15) is 13.2 Å². The summed E-state index contributed by atoms with van der Waals surface area (Å²) in [6.45, 7) is 2.63. The molecule has 1 amide bonds. The molecule has 1 fully saturated rings. The van der Waals surface area contributed by atoms with Gasteiger partial charge in [-0.1, -0.05) is 40.5 Å². The second kappa shape index (κ2) is 7.91. The third-order valence-electron chi connectivity index (χ3n) is 5.33. The summed E-state index contributed by atoms with van der Waals surface area (Å²) < 4.78 is 30.4. The number of halogens is 1. The van der Waals surface area contributed by atoms with E-state index in [0.717, 1.165) is 35.8 Å². The number of carbonyl (C=O) groups is 1. The van der Waals surface area contributed by atoms with E-state index in [1.807, 2.05) is 36.1 Å². The molecule has 1 N–H and O–H groups in total. The van der Waals surface area contributed by atoms with Gasteiger partial charge in [-0.2, -0.15) is 8.42 Å². The first-order valence-corrected chi connectivity index (χ1v) is 11.9. The van der Waals surface area contributed by atoms with Crippen LogP contribution in [0.4, 0.5) is 5.69 Å². The van der Waals surface area contributed by atoms with E-state index in [2.05, 4.69) is 25.6 Å². The van der Waals surface area contributed by atoms with Gasteiger partial charge in [-0.3, -0.25) is 4.79 Å². The molecular formula is C21H22BrN3O3S. The lowest BCUT2D eigenvalue weighted by Crippen LogP contribution is -2.35. The van der Waals surface area contributed by atoms with Crippen LogP contribution in [-0.4, -0.2) is 26.7 Å². The zero-order valence-corrected chi connectivity index (χ0v) is 18.5. The molecular weight excluding hydrogens is 454 g/mol. The summed E-state index contributed by atoms with van der Waals surface area (Å²) in [4.78, 5) is 14.9. The number of benzene rings is 2. The van der Waals surface area contributed by atoms with Crippen molar-refractivity contribution in [2.45, 2.75) is 43.5 Å². The molecule has 2 aromatic rings. The summed E-state index contributed by atoms with van der Waals surface area (Å²) in [7, 11) is -3.81. The molecule has 0 radical (unpaired) electrons. The van der Waals surface area contributed by atoms with Gasteiger partial charge in [0.25, 0.3) is 15.9 Å². The lowest BCUT2D eigenvalue weighted by molar-refractivity contribution is 0.0939. The monoisotopic (exact) mass is 475 g/mol. The van der Waals surface area contributed by atoms with Gasteiger partial charge in [0.2, 0.25) is 0 Å². The molecule has 0 bridgehead atoms. The Kier molecular flexibility index (Phi) is 5.48. The smallest absolute Gasteiger partial charge is 0.286 e. The van der Waals surface area contributed by atoms with Gasteiger partial charge in [0.05, 0.1) is 11.7 Å². The van der Waals surface area contributed by atoms with E-state index in [-0.39, 0.29) is 16.8 Å². The van der Waals surface area contributed by atoms with Crippen LogP contribution in [0.1, 0.15) is 54.6 Å². The summed E-state index contributed by atoms with van der Waals surface area (Å²) in [6.07, 6.45) is 3.64. The van der Waals surface area contributed by atoms with Crippen molar-refractivity contribution in [3.8, 4) is 0 Å². The summed E-state index contributed by atoms with van der Waals surface area (Å²) in [5.41, 5.74) is 1.87. The SMILES string of the molecule is C[C@H](NC(=O)c1ccc2c(c1)S(=O)(=O)N=C1CCCCCN12)c1ccccc1Br. The van der Waals surface area contributed by atoms with Gasteiger partial charge in [-0.15, -0.1) is 4.40 Å². The van der Waals surface area contributed by atoms with Gasteiger partial charge in [0.15, 0.2) is 0 Å². The summed E-state index contributed by atoms with van der Waals surface area (Å²) >= 11 is 3.50. The van der Waals surface area contributed by atoms with Crippen LogP contribution in [-0.2, 0) is 10.0 Å². The normalized spacial score (nSPS) is 18.7. The van der Waals surface area contributed by atoms with Crippen molar-refractivity contribution in [3.05, 3.63) is 58.1 Å². The van der Waals surface area contributed by atoms with Crippen molar-refractivity contribution in [2.24, 2.45) is 4.40 Å². The van der Waals surface area contributed by atoms with Crippen LogP contribution in [0.2, 0.25) is 0 Å². The molecule has 4 rings (SSSR count). The molecule has 0 unspecified atom stereocenters. The number of nitrogens with one attached hydrogen (secondary N) is 1. The van der Waals surface area contributed by atoms with E-state index >= 15 is 0 Å². The lowest BCUT2D eigenvalue weighted by atomic mass is 10.1. The minimum atomic E-state index is -3.81. The van der Waals surface area contributed by atoms with E-state index in [1.54, 1.807) is 12.1 Å². The Hall–Kier alpha value is -2.19. The molecule has 0 saturated carbocycles. The Morgan fingerprint density at radius 2 is 1.97 bits per heavy atom. The minimum absolute atomic E-state index is 0.101. The predicted octanol–water partition coefficient (Wildman–Crippen LogP) is 4.42. The fourth-order valence-corrected chi connectivity index (χ4v) is 5.72. The molecule has 2 aromatic carbocycles. The van der Waals surface area contributed by atoms with Crippen LogP contribution in [0, 0.1) is 0 Å². The van der Waals surface area contributed by atoms with Crippen LogP contribution in [0.15, 0.2) is 56.2 Å². The second-order valence-corrected chi connectivity index (χ2v) is 9.77. The Labute approximate surface area is 179 Å². The van der Waals surface area contributed by atoms with Crippen molar-refractivity contribution in [1.82, 2.24) is 5.32 Å². The van der Waals surface area contributed by atoms with E-state index < -0.39 is 10.0 Å². The summed E-state index contributed by atoms with van der Waals surface area (Å²) in [5.74, 6) is 0.284. The minimum Gasteiger partial charge on any atom is -0.345 e. The van der Waals surface area contributed by atoms with E-state index in [1.165, 1.54) is 6.07 Å². The number of amidine groups is 1. The fraction of sp³-hybridized carbons (Fsp3) is 0.333. The van der Waals surface area contributed by atoms with Gasteiger partial charge in [-0.25, -0.2) is 0 Å². The molecule has 1 atom stereocenters. The van der Waals surface area contributed by atoms with Gasteiger partial charge in [0, 0.05) is 23.0 Å². The number of sulfonamides is 1. The topological polar surface area (TPSA) is 78.8 Å². The largest absolute Gasteiger partial charge is 0.345 e. The summed E-state index contributed by atoms with van der Waals surface area (Å²) in [5, 5.41) is 2.94. The number of rotatable bonds is 3. The standard InChI is InChI=1S/C21H22BrN3O3S/c1-14(16-7-4-5-8-17(16)22)23-21(26)15-10-11-18-19(13-15)29(27,28)24-20-9-3-2-6-12-25(18)20/h4-5,7-8,10-11,13-14H,2-3,6,9,12H2,1H3,(H,23,26)/t14-/m0/s1. The van der Waals surface area contributed by atoms with Crippen LogP contribution in [0.3, 0.4) is 0 Å². The third kappa shape index (κ3) is 3.96. The van der Waals surface area contributed by atoms with Crippen molar-refractivity contribution in [1.29, 1.82) is 0 Å². The molecule has 2 aliphatic heterocycles. The number of anilines is 1. The highest BCUT2D eigenvalue weighted by Gasteiger charge is 2.32. The van der Waals surface area contributed by atoms with Gasteiger partial charge in [-0.05, 0) is 49.6 Å². The molecule has 6 nitrogen and oxygen atoms in total. The van der Waals surface area contributed by atoms with Gasteiger partial charge < -0.3 is 10.2 Å². The first-order valence-electron chi connectivity index (χ1n) is 9.67. The quantitative estimate of drug-likeness (QED) is 0.712. The highest BCUT2D eigenvalue weighted by molar-refractivity contribution is 9.10. The highest BCUT2D eigenvalue weighted by Crippen LogP contribution is 2.35. The Balaban J connectivity index is 1.64. The maximum Gasteiger partial charge on any atom is 0.286 e. The molecule has 8 heteroatoms. The Bertz CT molecular complexity index is 1100. The predicted molar refractivity (Wildman–Crippen MR) is 117 cm³/mol. The number of carbonyl (C=O) groups excluding carboxylic acids is 1. The zero-order valence-electron chi connectivity index (χ0n) is 16.1. The molecule has 0 aromatic heterocycles. The molecule has 0 spiro atoms. The molecule has 29 heavy (non-hydrogen) atoms. The van der Waals surface area contributed by atoms with Crippen molar-refractivity contribution in [3.63, 3.8) is 0 Å². The van der Waals surface area contributed by atoms with Gasteiger partial charge in [0.1, 0.15) is 10.7 Å². The molecule has 152 valence electrons. The zero-order chi connectivity index (χ0) is 20.6. The maximum atomic E-state index is 12.8. The molecule has 1 saturated heterocycles. The lowest BCUT2D eigenvalue weighted by Gasteiger charge is -2.29. The number of amides is 1. The fourth-order valence-electron chi connectivity index (χ4n) is 3.81. The number of fused-ring (bicyclic) bond motifs is 3. The van der Waals surface area contributed by atoms with Crippen LogP contribution < -0.4 is 10.2 Å². The van der Waals surface area contributed by atoms with Crippen LogP contribution >= 0.6 is 15.9 Å². The van der Waals surface area contributed by atoms with Crippen LogP contribution in [0.25, 0.3) is 0 Å². The van der Waals surface area contributed by atoms with Crippen LogP contribution in [0.5, 0.6) is 0 Å². The number of nitrogens with zero attached hydrogens (tertiary/aromatic N) is 2. The number of hydrogen-bond acceptors (Lipinski definition) is 4.